The Labute approximate surface area is 190 Å². The minimum absolute atomic E-state index is 0.420. The Morgan fingerprint density at radius 3 is 1.32 bits per heavy atom. The van der Waals surface area contributed by atoms with E-state index in [1.54, 1.807) is 0 Å². The molecule has 0 spiro atoms. The summed E-state index contributed by atoms with van der Waals surface area (Å²) in [5, 5.41) is 21.1. The molecule has 2 N–H and O–H groups in total. The van der Waals surface area contributed by atoms with Gasteiger partial charge in [0.05, 0.1) is 0 Å². The molecule has 0 aliphatic heterocycles. The van der Waals surface area contributed by atoms with Gasteiger partial charge in [-0.05, 0) is 66.5 Å². The van der Waals surface area contributed by atoms with E-state index in [1.807, 2.05) is 24.3 Å². The normalized spacial score (nSPS) is 11.2. The highest BCUT2D eigenvalue weighted by molar-refractivity contribution is 5.46. The lowest BCUT2D eigenvalue weighted by Crippen LogP contribution is -2.01. The number of unbranched alkanes of at least 4 members (excludes halogenated alkanes) is 10. The molecule has 2 nitrogen and oxygen atoms in total. The van der Waals surface area contributed by atoms with Crippen LogP contribution in [0.4, 0.5) is 0 Å². The lowest BCUT2D eigenvalue weighted by Gasteiger charge is -2.15. The Morgan fingerprint density at radius 1 is 0.516 bits per heavy atom. The maximum Gasteiger partial charge on any atom is 0.119 e. The first-order chi connectivity index (χ1) is 15.2. The highest BCUT2D eigenvalue weighted by atomic mass is 16.3. The molecule has 31 heavy (non-hydrogen) atoms. The van der Waals surface area contributed by atoms with Crippen LogP contribution in [0.2, 0.25) is 0 Å². The number of aromatic hydroxyl groups is 2. The van der Waals surface area contributed by atoms with Crippen molar-refractivity contribution in [1.82, 2.24) is 0 Å². The molecule has 0 aliphatic carbocycles. The van der Waals surface area contributed by atoms with Gasteiger partial charge in [-0.25, -0.2) is 0 Å². The fourth-order valence-electron chi connectivity index (χ4n) is 4.52. The fourth-order valence-corrected chi connectivity index (χ4v) is 4.52. The molecule has 0 aromatic heterocycles. The fraction of sp³-hybridized carbons (Fsp3) is 0.586. The number of hydrogen-bond donors (Lipinski definition) is 2. The molecule has 0 amide bonds. The van der Waals surface area contributed by atoms with E-state index in [0.717, 1.165) is 43.2 Å². The lowest BCUT2D eigenvalue weighted by atomic mass is 9.91. The molecule has 0 fully saturated rings. The van der Waals surface area contributed by atoms with Crippen LogP contribution in [0, 0.1) is 0 Å². The first-order valence-corrected chi connectivity index (χ1v) is 12.8. The predicted molar refractivity (Wildman–Crippen MR) is 133 cm³/mol. The minimum Gasteiger partial charge on any atom is -0.508 e. The maximum absolute atomic E-state index is 10.5. The number of phenols is 2. The Hall–Kier alpha value is -1.96. The number of phenolic OH excluding ortho intramolecular Hbond substituents is 2. The van der Waals surface area contributed by atoms with Gasteiger partial charge in [-0.3, -0.25) is 0 Å². The first-order valence-electron chi connectivity index (χ1n) is 12.8. The van der Waals surface area contributed by atoms with Crippen LogP contribution in [-0.2, 0) is 19.3 Å². The van der Waals surface area contributed by atoms with E-state index in [2.05, 4.69) is 26.0 Å². The number of benzene rings is 2. The summed E-state index contributed by atoms with van der Waals surface area (Å²) in [6, 6.07) is 11.8. The third kappa shape index (κ3) is 8.97. The zero-order valence-electron chi connectivity index (χ0n) is 20.0. The van der Waals surface area contributed by atoms with E-state index in [4.69, 9.17) is 0 Å². The van der Waals surface area contributed by atoms with Crippen LogP contribution in [0.3, 0.4) is 0 Å². The maximum atomic E-state index is 10.5. The third-order valence-corrected chi connectivity index (χ3v) is 6.44. The minimum atomic E-state index is 0.420. The SMILES string of the molecule is CCCCCCCCc1c(O)cccc1Cc1cccc(O)c1CCCCCCCC. The number of rotatable bonds is 16. The van der Waals surface area contributed by atoms with Crippen LogP contribution in [0.15, 0.2) is 36.4 Å². The van der Waals surface area contributed by atoms with Crippen molar-refractivity contribution in [2.75, 3.05) is 0 Å². The highest BCUT2D eigenvalue weighted by Gasteiger charge is 2.13. The molecule has 0 saturated carbocycles. The molecule has 0 unspecified atom stereocenters. The van der Waals surface area contributed by atoms with Crippen molar-refractivity contribution in [3.8, 4) is 11.5 Å². The van der Waals surface area contributed by atoms with Crippen LogP contribution in [-0.4, -0.2) is 10.2 Å². The van der Waals surface area contributed by atoms with Crippen molar-refractivity contribution in [1.29, 1.82) is 0 Å². The Morgan fingerprint density at radius 2 is 0.903 bits per heavy atom. The molecular formula is C29H44O2. The summed E-state index contributed by atoms with van der Waals surface area (Å²) >= 11 is 0. The predicted octanol–water partition coefficient (Wildman–Crippen LogP) is 8.49. The highest BCUT2D eigenvalue weighted by Crippen LogP contribution is 2.30. The van der Waals surface area contributed by atoms with Crippen LogP contribution >= 0.6 is 0 Å². The van der Waals surface area contributed by atoms with E-state index in [9.17, 15) is 10.2 Å². The zero-order chi connectivity index (χ0) is 22.3. The van der Waals surface area contributed by atoms with Crippen molar-refractivity contribution in [2.45, 2.75) is 110 Å². The summed E-state index contributed by atoms with van der Waals surface area (Å²) in [6.07, 6.45) is 17.7. The molecule has 2 rings (SSSR count). The van der Waals surface area contributed by atoms with Crippen molar-refractivity contribution in [3.05, 3.63) is 58.7 Å². The molecule has 2 aromatic rings. The monoisotopic (exact) mass is 424 g/mol. The standard InChI is InChI=1S/C29H44O2/c1-3-5-7-9-11-13-19-26-24(17-15-21-28(26)30)23-25-18-16-22-29(31)27(25)20-14-12-10-8-6-4-2/h15-18,21-22,30-31H,3-14,19-20,23H2,1-2H3. The lowest BCUT2D eigenvalue weighted by molar-refractivity contribution is 0.464. The molecule has 172 valence electrons. The van der Waals surface area contributed by atoms with E-state index in [0.29, 0.717) is 11.5 Å². The second kappa shape index (κ2) is 14.9. The van der Waals surface area contributed by atoms with Crippen molar-refractivity contribution in [2.24, 2.45) is 0 Å². The van der Waals surface area contributed by atoms with Gasteiger partial charge >= 0.3 is 0 Å². The van der Waals surface area contributed by atoms with Gasteiger partial charge in [-0.1, -0.05) is 102 Å². The van der Waals surface area contributed by atoms with Gasteiger partial charge in [0.15, 0.2) is 0 Å². The van der Waals surface area contributed by atoms with Gasteiger partial charge in [-0.2, -0.15) is 0 Å². The quantitative estimate of drug-likeness (QED) is 0.265. The smallest absolute Gasteiger partial charge is 0.119 e. The van der Waals surface area contributed by atoms with Crippen LogP contribution < -0.4 is 0 Å². The van der Waals surface area contributed by atoms with Gasteiger partial charge < -0.3 is 10.2 Å². The summed E-state index contributed by atoms with van der Waals surface area (Å²) in [5.41, 5.74) is 4.57. The van der Waals surface area contributed by atoms with E-state index < -0.39 is 0 Å². The van der Waals surface area contributed by atoms with Crippen molar-refractivity contribution >= 4 is 0 Å². The van der Waals surface area contributed by atoms with Gasteiger partial charge in [0.2, 0.25) is 0 Å². The molecule has 0 aliphatic rings. The second-order valence-corrected chi connectivity index (χ2v) is 9.04. The summed E-state index contributed by atoms with van der Waals surface area (Å²) in [6.45, 7) is 4.49. The van der Waals surface area contributed by atoms with Gasteiger partial charge in [-0.15, -0.1) is 0 Å². The molecule has 0 saturated heterocycles. The summed E-state index contributed by atoms with van der Waals surface area (Å²) in [7, 11) is 0. The van der Waals surface area contributed by atoms with Crippen molar-refractivity contribution in [3.63, 3.8) is 0 Å². The average Bonchev–Trinajstić information content (AvgIpc) is 2.76. The van der Waals surface area contributed by atoms with Crippen molar-refractivity contribution < 1.29 is 10.2 Å². The largest absolute Gasteiger partial charge is 0.508 e. The van der Waals surface area contributed by atoms with E-state index in [-0.39, 0.29) is 0 Å². The molecule has 0 heterocycles. The molecule has 0 radical (unpaired) electrons. The van der Waals surface area contributed by atoms with Crippen LogP contribution in [0.5, 0.6) is 11.5 Å². The topological polar surface area (TPSA) is 40.5 Å². The zero-order valence-corrected chi connectivity index (χ0v) is 20.0. The Bertz CT molecular complexity index is 687. The number of hydrogen-bond acceptors (Lipinski definition) is 2. The van der Waals surface area contributed by atoms with Gasteiger partial charge in [0.25, 0.3) is 0 Å². The van der Waals surface area contributed by atoms with Gasteiger partial charge in [0.1, 0.15) is 11.5 Å². The first kappa shape index (κ1) is 25.3. The average molecular weight is 425 g/mol. The molecule has 0 atom stereocenters. The van der Waals surface area contributed by atoms with E-state index in [1.165, 1.54) is 75.3 Å². The third-order valence-electron chi connectivity index (χ3n) is 6.44. The van der Waals surface area contributed by atoms with Crippen LogP contribution in [0.1, 0.15) is 113 Å². The molecule has 0 bridgehead atoms. The summed E-state index contributed by atoms with van der Waals surface area (Å²) < 4.78 is 0. The molecule has 2 aromatic carbocycles. The van der Waals surface area contributed by atoms with E-state index >= 15 is 0 Å². The molecular weight excluding hydrogens is 380 g/mol. The second-order valence-electron chi connectivity index (χ2n) is 9.04. The summed E-state index contributed by atoms with van der Waals surface area (Å²) in [5.74, 6) is 0.840. The Kier molecular flexibility index (Phi) is 12.2. The summed E-state index contributed by atoms with van der Waals surface area (Å²) in [4.78, 5) is 0. The molecule has 2 heteroatoms. The van der Waals surface area contributed by atoms with Crippen LogP contribution in [0.25, 0.3) is 0 Å². The van der Waals surface area contributed by atoms with Gasteiger partial charge in [0, 0.05) is 0 Å². The Balaban J connectivity index is 2.01.